The number of nitrogens with zero attached hydrogens (tertiary/aromatic N) is 2. The van der Waals surface area contributed by atoms with Gasteiger partial charge in [-0.15, -0.1) is 11.6 Å². The number of benzene rings is 1. The lowest BCUT2D eigenvalue weighted by molar-refractivity contribution is -0.130. The van der Waals surface area contributed by atoms with Crippen LogP contribution < -0.4 is 0 Å². The molecule has 0 bridgehead atoms. The fraction of sp³-hybridized carbons (Fsp3) is 0.333. The van der Waals surface area contributed by atoms with Gasteiger partial charge in [0.2, 0.25) is 0 Å². The predicted octanol–water partition coefficient (Wildman–Crippen LogP) is 2.00. The molecule has 1 fully saturated rings. The Morgan fingerprint density at radius 1 is 1.57 bits per heavy atom. The molecule has 5 nitrogen and oxygen atoms in total. The molecule has 0 radical (unpaired) electrons. The van der Waals surface area contributed by atoms with Crippen LogP contribution in [0.25, 0.3) is 11.0 Å². The van der Waals surface area contributed by atoms with Crippen LogP contribution in [0.2, 0.25) is 0 Å². The number of imidazole rings is 1. The first-order valence-electron chi connectivity index (χ1n) is 6.59. The SMILES string of the molecule is O=C(O)C#Cc1ccc2nc(CCl)n(C[C@@H]3CCO3)c2c1. The van der Waals surface area contributed by atoms with E-state index in [2.05, 4.69) is 16.8 Å². The van der Waals surface area contributed by atoms with Gasteiger partial charge in [-0.3, -0.25) is 0 Å². The second-order valence-electron chi connectivity index (χ2n) is 4.81. The number of aliphatic carboxylic acids is 1. The van der Waals surface area contributed by atoms with Gasteiger partial charge in [0.15, 0.2) is 0 Å². The summed E-state index contributed by atoms with van der Waals surface area (Å²) >= 11 is 5.96. The number of hydrogen-bond acceptors (Lipinski definition) is 3. The third-order valence-corrected chi connectivity index (χ3v) is 3.68. The van der Waals surface area contributed by atoms with Crippen molar-refractivity contribution in [3.63, 3.8) is 0 Å². The van der Waals surface area contributed by atoms with E-state index in [4.69, 9.17) is 21.4 Å². The molecule has 0 saturated carbocycles. The number of hydrogen-bond donors (Lipinski definition) is 1. The lowest BCUT2D eigenvalue weighted by atomic mass is 10.1. The van der Waals surface area contributed by atoms with Crippen molar-refractivity contribution in [2.45, 2.75) is 24.9 Å². The zero-order valence-corrected chi connectivity index (χ0v) is 11.9. The summed E-state index contributed by atoms with van der Waals surface area (Å²) in [6.07, 6.45) is 1.22. The summed E-state index contributed by atoms with van der Waals surface area (Å²) in [6.45, 7) is 1.50. The maximum Gasteiger partial charge on any atom is 0.382 e. The van der Waals surface area contributed by atoms with E-state index < -0.39 is 5.97 Å². The minimum atomic E-state index is -1.15. The fourth-order valence-corrected chi connectivity index (χ4v) is 2.52. The van der Waals surface area contributed by atoms with Crippen LogP contribution in [0.1, 0.15) is 17.8 Å². The number of fused-ring (bicyclic) bond motifs is 1. The molecule has 0 aliphatic carbocycles. The maximum absolute atomic E-state index is 10.5. The average molecular weight is 305 g/mol. The highest BCUT2D eigenvalue weighted by molar-refractivity contribution is 6.16. The largest absolute Gasteiger partial charge is 0.472 e. The number of carbonyl (C=O) groups is 1. The third-order valence-electron chi connectivity index (χ3n) is 3.44. The molecule has 2 aromatic rings. The highest BCUT2D eigenvalue weighted by Gasteiger charge is 2.21. The molecule has 0 amide bonds. The number of aromatic nitrogens is 2. The summed E-state index contributed by atoms with van der Waals surface area (Å²) in [5.74, 6) is 4.69. The summed E-state index contributed by atoms with van der Waals surface area (Å²) in [4.78, 5) is 15.0. The minimum Gasteiger partial charge on any atom is -0.472 e. The van der Waals surface area contributed by atoms with E-state index in [0.717, 1.165) is 29.9 Å². The average Bonchev–Trinajstić information content (AvgIpc) is 2.77. The monoisotopic (exact) mass is 304 g/mol. The molecule has 1 aromatic heterocycles. The molecule has 1 aromatic carbocycles. The van der Waals surface area contributed by atoms with E-state index in [-0.39, 0.29) is 6.10 Å². The first kappa shape index (κ1) is 13.9. The lowest BCUT2D eigenvalue weighted by Crippen LogP contribution is -2.31. The molecule has 1 saturated heterocycles. The number of carboxylic acids is 1. The molecule has 0 unspecified atom stereocenters. The first-order valence-corrected chi connectivity index (χ1v) is 7.12. The predicted molar refractivity (Wildman–Crippen MR) is 78.2 cm³/mol. The molecule has 6 heteroatoms. The van der Waals surface area contributed by atoms with E-state index >= 15 is 0 Å². The van der Waals surface area contributed by atoms with Crippen LogP contribution >= 0.6 is 11.6 Å². The number of ether oxygens (including phenoxy) is 1. The van der Waals surface area contributed by atoms with Crippen LogP contribution in [-0.4, -0.2) is 33.3 Å². The number of halogens is 1. The van der Waals surface area contributed by atoms with Crippen molar-refractivity contribution in [2.75, 3.05) is 6.61 Å². The van der Waals surface area contributed by atoms with Crippen molar-refractivity contribution in [2.24, 2.45) is 0 Å². The third kappa shape index (κ3) is 2.87. The van der Waals surface area contributed by atoms with Crippen molar-refractivity contribution in [1.82, 2.24) is 9.55 Å². The molecule has 2 heterocycles. The second kappa shape index (κ2) is 5.76. The molecule has 1 atom stereocenters. The normalized spacial score (nSPS) is 17.1. The van der Waals surface area contributed by atoms with E-state index in [1.54, 1.807) is 6.07 Å². The first-order chi connectivity index (χ1) is 10.2. The fourth-order valence-electron chi connectivity index (χ4n) is 2.31. The van der Waals surface area contributed by atoms with Crippen molar-refractivity contribution in [1.29, 1.82) is 0 Å². The lowest BCUT2D eigenvalue weighted by Gasteiger charge is -2.27. The maximum atomic E-state index is 10.5. The van der Waals surface area contributed by atoms with Gasteiger partial charge in [-0.05, 0) is 24.6 Å². The Hall–Kier alpha value is -2.03. The Bertz CT molecular complexity index is 753. The summed E-state index contributed by atoms with van der Waals surface area (Å²) < 4.78 is 7.49. The summed E-state index contributed by atoms with van der Waals surface area (Å²) in [5, 5.41) is 8.62. The van der Waals surface area contributed by atoms with Gasteiger partial charge < -0.3 is 14.4 Å². The van der Waals surface area contributed by atoms with Gasteiger partial charge in [0.1, 0.15) is 5.82 Å². The van der Waals surface area contributed by atoms with Crippen LogP contribution in [0.3, 0.4) is 0 Å². The van der Waals surface area contributed by atoms with Gasteiger partial charge in [-0.25, -0.2) is 9.78 Å². The van der Waals surface area contributed by atoms with Crippen molar-refractivity contribution in [3.05, 3.63) is 29.6 Å². The summed E-state index contributed by atoms with van der Waals surface area (Å²) in [5.41, 5.74) is 2.37. The van der Waals surface area contributed by atoms with Crippen LogP contribution in [-0.2, 0) is 22.0 Å². The van der Waals surface area contributed by atoms with E-state index in [0.29, 0.717) is 18.0 Å². The van der Waals surface area contributed by atoms with Gasteiger partial charge in [0, 0.05) is 18.1 Å². The molecule has 1 aliphatic heterocycles. The quantitative estimate of drug-likeness (QED) is 0.696. The zero-order chi connectivity index (χ0) is 14.8. The summed E-state index contributed by atoms with van der Waals surface area (Å²) in [6, 6.07) is 5.43. The standard InChI is InChI=1S/C15H13ClN2O3/c16-8-14-17-12-3-1-10(2-4-15(19)20)7-13(12)18(14)9-11-5-6-21-11/h1,3,7,11H,5-6,8-9H2,(H,19,20)/t11-/m0/s1. The number of rotatable bonds is 3. The molecular formula is C15H13ClN2O3. The zero-order valence-electron chi connectivity index (χ0n) is 11.2. The highest BCUT2D eigenvalue weighted by Crippen LogP contribution is 2.22. The van der Waals surface area contributed by atoms with Crippen molar-refractivity contribution < 1.29 is 14.6 Å². The van der Waals surface area contributed by atoms with Gasteiger partial charge in [-0.1, -0.05) is 5.92 Å². The van der Waals surface area contributed by atoms with E-state index in [1.807, 2.05) is 16.7 Å². The molecule has 1 N–H and O–H groups in total. The second-order valence-corrected chi connectivity index (χ2v) is 5.08. The van der Waals surface area contributed by atoms with Crippen molar-refractivity contribution >= 4 is 28.6 Å². The highest BCUT2D eigenvalue weighted by atomic mass is 35.5. The van der Waals surface area contributed by atoms with Gasteiger partial charge >= 0.3 is 5.97 Å². The molecule has 0 spiro atoms. The Morgan fingerprint density at radius 2 is 2.38 bits per heavy atom. The van der Waals surface area contributed by atoms with Gasteiger partial charge in [0.05, 0.1) is 29.6 Å². The molecule has 108 valence electrons. The topological polar surface area (TPSA) is 64.3 Å². The molecular weight excluding hydrogens is 292 g/mol. The van der Waals surface area contributed by atoms with Gasteiger partial charge in [0.25, 0.3) is 0 Å². The number of alkyl halides is 1. The van der Waals surface area contributed by atoms with E-state index in [1.165, 1.54) is 0 Å². The molecule has 1 aliphatic rings. The van der Waals surface area contributed by atoms with Gasteiger partial charge in [-0.2, -0.15) is 0 Å². The Balaban J connectivity index is 2.03. The van der Waals surface area contributed by atoms with Crippen LogP contribution in [0.4, 0.5) is 0 Å². The smallest absolute Gasteiger partial charge is 0.382 e. The molecule has 21 heavy (non-hydrogen) atoms. The van der Waals surface area contributed by atoms with E-state index in [9.17, 15) is 4.79 Å². The Morgan fingerprint density at radius 3 is 3.00 bits per heavy atom. The summed E-state index contributed by atoms with van der Waals surface area (Å²) in [7, 11) is 0. The minimum absolute atomic E-state index is 0.193. The van der Waals surface area contributed by atoms with Crippen LogP contribution in [0.15, 0.2) is 18.2 Å². The number of carboxylic acid groups (broad SMARTS) is 1. The van der Waals surface area contributed by atoms with Crippen LogP contribution in [0, 0.1) is 11.8 Å². The Labute approximate surface area is 126 Å². The van der Waals surface area contributed by atoms with Crippen molar-refractivity contribution in [3.8, 4) is 11.8 Å². The molecule has 3 rings (SSSR count). The Kier molecular flexibility index (Phi) is 3.82. The van der Waals surface area contributed by atoms with Crippen LogP contribution in [0.5, 0.6) is 0 Å².